The van der Waals surface area contributed by atoms with Crippen molar-refractivity contribution in [1.29, 1.82) is 0 Å². The Hall–Kier alpha value is -3.17. The Kier molecular flexibility index (Phi) is 4.73. The fourth-order valence-electron chi connectivity index (χ4n) is 2.53. The van der Waals surface area contributed by atoms with Gasteiger partial charge in [0.1, 0.15) is 23.5 Å². The molecule has 0 aliphatic carbocycles. The zero-order valence-electron chi connectivity index (χ0n) is 13.3. The monoisotopic (exact) mass is 387 g/mol. The van der Waals surface area contributed by atoms with Crippen LogP contribution in [0.4, 0.5) is 22.0 Å². The highest BCUT2D eigenvalue weighted by Crippen LogP contribution is 2.35. The van der Waals surface area contributed by atoms with Gasteiger partial charge in [0.2, 0.25) is 0 Å². The number of hydrogen-bond acceptors (Lipinski definition) is 4. The first-order valence-electron chi connectivity index (χ1n) is 7.40. The summed E-state index contributed by atoms with van der Waals surface area (Å²) in [5.74, 6) is -2.63. The number of aromatic carboxylic acids is 1. The number of carboxylic acid groups (broad SMARTS) is 1. The fourth-order valence-corrected chi connectivity index (χ4v) is 2.53. The van der Waals surface area contributed by atoms with Crippen LogP contribution >= 0.6 is 0 Å². The second-order valence-corrected chi connectivity index (χ2v) is 5.40. The molecule has 3 aromatic rings. The first kappa shape index (κ1) is 18.6. The number of hydrogen-bond donors (Lipinski definition) is 1. The minimum absolute atomic E-state index is 0.0106. The predicted octanol–water partition coefficient (Wildman–Crippen LogP) is 5.06. The molecule has 2 aromatic heterocycles. The van der Waals surface area contributed by atoms with E-state index in [1.165, 1.54) is 24.3 Å². The van der Waals surface area contributed by atoms with Crippen molar-refractivity contribution >= 4 is 16.9 Å². The molecule has 1 aromatic carbocycles. The van der Waals surface area contributed by atoms with Crippen LogP contribution in [0, 0.1) is 0 Å². The number of benzene rings is 1. The predicted molar refractivity (Wildman–Crippen MR) is 81.7 cm³/mol. The van der Waals surface area contributed by atoms with Crippen molar-refractivity contribution in [3.8, 4) is 5.75 Å². The van der Waals surface area contributed by atoms with E-state index in [2.05, 4.69) is 4.98 Å². The van der Waals surface area contributed by atoms with E-state index in [0.29, 0.717) is 0 Å². The Labute approximate surface area is 148 Å². The Balaban J connectivity index is 1.93. The van der Waals surface area contributed by atoms with E-state index in [1.54, 1.807) is 0 Å². The van der Waals surface area contributed by atoms with Gasteiger partial charge in [-0.15, -0.1) is 0 Å². The number of carboxylic acids is 1. The molecular weight excluding hydrogens is 377 g/mol. The number of aromatic nitrogens is 1. The average Bonchev–Trinajstić information content (AvgIpc) is 2.98. The summed E-state index contributed by atoms with van der Waals surface area (Å²) in [5.41, 5.74) is -2.17. The molecule has 0 saturated carbocycles. The van der Waals surface area contributed by atoms with Crippen LogP contribution in [-0.2, 0) is 12.8 Å². The van der Waals surface area contributed by atoms with Crippen LogP contribution in [0.25, 0.3) is 11.0 Å². The number of fused-ring (bicyclic) bond motifs is 1. The van der Waals surface area contributed by atoms with Crippen molar-refractivity contribution in [3.05, 3.63) is 59.1 Å². The lowest BCUT2D eigenvalue weighted by molar-refractivity contribution is -0.142. The smallest absolute Gasteiger partial charge is 0.433 e. The molecule has 0 fully saturated rings. The molecule has 10 heteroatoms. The summed E-state index contributed by atoms with van der Waals surface area (Å²) in [4.78, 5) is 14.6. The summed E-state index contributed by atoms with van der Waals surface area (Å²) >= 11 is 0. The molecular formula is C17H10F5NO4. The van der Waals surface area contributed by atoms with Gasteiger partial charge in [0.25, 0.3) is 6.43 Å². The fraction of sp³-hybridized carbons (Fsp3) is 0.176. The van der Waals surface area contributed by atoms with Crippen LogP contribution in [0.15, 0.2) is 40.9 Å². The summed E-state index contributed by atoms with van der Waals surface area (Å²) in [5, 5.41) is 9.02. The molecule has 3 rings (SSSR count). The van der Waals surface area contributed by atoms with Crippen molar-refractivity contribution in [2.45, 2.75) is 19.2 Å². The van der Waals surface area contributed by atoms with Gasteiger partial charge in [0.05, 0.1) is 0 Å². The SMILES string of the molecule is O=C(O)c1c(C(F)F)oc2ccc(OCc3cccnc3C(F)(F)F)cc12. The van der Waals surface area contributed by atoms with E-state index in [0.717, 1.165) is 12.3 Å². The van der Waals surface area contributed by atoms with E-state index in [1.807, 2.05) is 0 Å². The zero-order valence-corrected chi connectivity index (χ0v) is 13.3. The number of rotatable bonds is 5. The van der Waals surface area contributed by atoms with Gasteiger partial charge in [0.15, 0.2) is 11.5 Å². The van der Waals surface area contributed by atoms with Crippen molar-refractivity contribution in [2.24, 2.45) is 0 Å². The van der Waals surface area contributed by atoms with Crippen LogP contribution in [0.3, 0.4) is 0 Å². The Bertz CT molecular complexity index is 997. The van der Waals surface area contributed by atoms with Crippen LogP contribution in [0.2, 0.25) is 0 Å². The standard InChI is InChI=1S/C17H10F5NO4/c18-15(19)13-12(16(24)25)10-6-9(3-4-11(10)27-13)26-7-8-2-1-5-23-14(8)17(20,21)22/h1-6,15H,7H2,(H,24,25). The van der Waals surface area contributed by atoms with E-state index >= 15 is 0 Å². The molecule has 0 atom stereocenters. The number of halogens is 5. The largest absolute Gasteiger partial charge is 0.489 e. The first-order chi connectivity index (χ1) is 12.7. The van der Waals surface area contributed by atoms with Gasteiger partial charge in [0, 0.05) is 17.1 Å². The summed E-state index contributed by atoms with van der Waals surface area (Å²) in [6.07, 6.45) is -6.82. The number of carbonyl (C=O) groups is 1. The maximum absolute atomic E-state index is 13.0. The maximum atomic E-state index is 13.0. The third kappa shape index (κ3) is 3.69. The minimum Gasteiger partial charge on any atom is -0.489 e. The normalized spacial score (nSPS) is 11.9. The van der Waals surface area contributed by atoms with Crippen LogP contribution in [-0.4, -0.2) is 16.1 Å². The number of ether oxygens (including phenoxy) is 1. The molecule has 0 amide bonds. The molecule has 1 N–H and O–H groups in total. The van der Waals surface area contributed by atoms with Crippen LogP contribution < -0.4 is 4.74 Å². The summed E-state index contributed by atoms with van der Waals surface area (Å²) in [7, 11) is 0. The minimum atomic E-state index is -4.67. The maximum Gasteiger partial charge on any atom is 0.433 e. The molecule has 142 valence electrons. The molecule has 5 nitrogen and oxygen atoms in total. The molecule has 0 saturated heterocycles. The second-order valence-electron chi connectivity index (χ2n) is 5.40. The summed E-state index contributed by atoms with van der Waals surface area (Å²) in [6, 6.07) is 6.10. The van der Waals surface area contributed by atoms with Gasteiger partial charge in [-0.05, 0) is 24.3 Å². The Morgan fingerprint density at radius 1 is 1.26 bits per heavy atom. The highest BCUT2D eigenvalue weighted by molar-refractivity contribution is 6.04. The van der Waals surface area contributed by atoms with E-state index in [9.17, 15) is 26.7 Å². The first-order valence-corrected chi connectivity index (χ1v) is 7.40. The number of nitrogens with zero attached hydrogens (tertiary/aromatic N) is 1. The molecule has 0 radical (unpaired) electrons. The Morgan fingerprint density at radius 3 is 2.63 bits per heavy atom. The van der Waals surface area contributed by atoms with Crippen molar-refractivity contribution in [1.82, 2.24) is 4.98 Å². The quantitative estimate of drug-likeness (QED) is 0.620. The van der Waals surface area contributed by atoms with Gasteiger partial charge in [-0.2, -0.15) is 13.2 Å². The van der Waals surface area contributed by atoms with E-state index < -0.39 is 42.2 Å². The van der Waals surface area contributed by atoms with Gasteiger partial charge >= 0.3 is 12.1 Å². The summed E-state index contributed by atoms with van der Waals surface area (Å²) < 4.78 is 74.8. The molecule has 2 heterocycles. The molecule has 0 bridgehead atoms. The highest BCUT2D eigenvalue weighted by atomic mass is 19.4. The lowest BCUT2D eigenvalue weighted by Crippen LogP contribution is -2.13. The van der Waals surface area contributed by atoms with Gasteiger partial charge in [-0.3, -0.25) is 4.98 Å². The van der Waals surface area contributed by atoms with Crippen molar-refractivity contribution < 1.29 is 41.0 Å². The van der Waals surface area contributed by atoms with E-state index in [-0.39, 0.29) is 22.3 Å². The third-order valence-electron chi connectivity index (χ3n) is 3.65. The topological polar surface area (TPSA) is 72.6 Å². The lowest BCUT2D eigenvalue weighted by Gasteiger charge is -2.12. The molecule has 27 heavy (non-hydrogen) atoms. The number of pyridine rings is 1. The molecule has 0 unspecified atom stereocenters. The number of alkyl halides is 5. The molecule has 0 aliphatic rings. The average molecular weight is 387 g/mol. The third-order valence-corrected chi connectivity index (χ3v) is 3.65. The van der Waals surface area contributed by atoms with Gasteiger partial charge in [-0.25, -0.2) is 13.6 Å². The van der Waals surface area contributed by atoms with E-state index in [4.69, 9.17) is 14.3 Å². The van der Waals surface area contributed by atoms with Crippen LogP contribution in [0.1, 0.15) is 33.8 Å². The zero-order chi connectivity index (χ0) is 19.8. The van der Waals surface area contributed by atoms with Crippen molar-refractivity contribution in [2.75, 3.05) is 0 Å². The Morgan fingerprint density at radius 2 is 2.00 bits per heavy atom. The summed E-state index contributed by atoms with van der Waals surface area (Å²) in [6.45, 7) is -0.504. The lowest BCUT2D eigenvalue weighted by atomic mass is 10.1. The highest BCUT2D eigenvalue weighted by Gasteiger charge is 2.35. The van der Waals surface area contributed by atoms with Gasteiger partial charge in [-0.1, -0.05) is 6.07 Å². The number of furan rings is 1. The van der Waals surface area contributed by atoms with Gasteiger partial charge < -0.3 is 14.3 Å². The second kappa shape index (κ2) is 6.86. The van der Waals surface area contributed by atoms with Crippen molar-refractivity contribution in [3.63, 3.8) is 0 Å². The molecule has 0 spiro atoms. The van der Waals surface area contributed by atoms with Crippen LogP contribution in [0.5, 0.6) is 5.75 Å². The molecule has 0 aliphatic heterocycles.